The van der Waals surface area contributed by atoms with Crippen LogP contribution in [-0.2, 0) is 4.79 Å². The van der Waals surface area contributed by atoms with E-state index >= 15 is 0 Å². The molecule has 1 aromatic rings. The van der Waals surface area contributed by atoms with E-state index in [4.69, 9.17) is 4.74 Å². The number of rotatable bonds is 11. The van der Waals surface area contributed by atoms with Gasteiger partial charge in [-0.05, 0) is 44.4 Å². The second-order valence-corrected chi connectivity index (χ2v) is 6.51. The van der Waals surface area contributed by atoms with Crippen molar-refractivity contribution in [3.63, 3.8) is 0 Å². The van der Waals surface area contributed by atoms with E-state index in [9.17, 15) is 15.2 Å². The number of nitrogens with one attached hydrogen (secondary N) is 2. The van der Waals surface area contributed by atoms with Crippen LogP contribution >= 0.6 is 0 Å². The predicted molar refractivity (Wildman–Crippen MR) is 103 cm³/mol. The molecule has 0 heterocycles. The third kappa shape index (κ3) is 7.03. The van der Waals surface area contributed by atoms with Crippen molar-refractivity contribution in [2.45, 2.75) is 59.1 Å². The van der Waals surface area contributed by atoms with Crippen LogP contribution in [0.2, 0.25) is 0 Å². The van der Waals surface area contributed by atoms with E-state index in [1.807, 2.05) is 13.8 Å². The zero-order valence-corrected chi connectivity index (χ0v) is 16.2. The number of nitrogens with zero attached hydrogens (tertiary/aromatic N) is 1. The van der Waals surface area contributed by atoms with Crippen molar-refractivity contribution in [2.75, 3.05) is 18.5 Å². The van der Waals surface area contributed by atoms with Crippen molar-refractivity contribution in [1.82, 2.24) is 5.32 Å². The van der Waals surface area contributed by atoms with E-state index in [1.54, 1.807) is 18.2 Å². The van der Waals surface area contributed by atoms with Crippen molar-refractivity contribution < 1.29 is 14.6 Å². The van der Waals surface area contributed by atoms with E-state index in [0.717, 1.165) is 19.3 Å². The maximum absolute atomic E-state index is 12.2. The first kappa shape index (κ1) is 21.9. The minimum Gasteiger partial charge on any atom is -0.489 e. The molecule has 1 amide bonds. The van der Waals surface area contributed by atoms with Gasteiger partial charge in [0.1, 0.15) is 24.5 Å². The van der Waals surface area contributed by atoms with Gasteiger partial charge in [0.2, 0.25) is 5.91 Å². The summed E-state index contributed by atoms with van der Waals surface area (Å²) in [6.45, 7) is 8.61. The number of anilines is 1. The van der Waals surface area contributed by atoms with Gasteiger partial charge in [-0.2, -0.15) is 5.26 Å². The average molecular weight is 361 g/mol. The number of hydrogen-bond acceptors (Lipinski definition) is 5. The van der Waals surface area contributed by atoms with Crippen LogP contribution in [0.5, 0.6) is 5.75 Å². The normalized spacial score (nSPS) is 13.1. The van der Waals surface area contributed by atoms with Gasteiger partial charge in [0, 0.05) is 24.2 Å². The second-order valence-electron chi connectivity index (χ2n) is 6.51. The smallest absolute Gasteiger partial charge is 0.227 e. The van der Waals surface area contributed by atoms with Crippen molar-refractivity contribution in [2.24, 2.45) is 5.92 Å². The Morgan fingerprint density at radius 2 is 1.96 bits per heavy atom. The molecule has 0 radical (unpaired) electrons. The van der Waals surface area contributed by atoms with Crippen molar-refractivity contribution in [3.05, 3.63) is 23.8 Å². The van der Waals surface area contributed by atoms with Gasteiger partial charge in [0.05, 0.1) is 5.56 Å². The molecule has 2 unspecified atom stereocenters. The van der Waals surface area contributed by atoms with Crippen LogP contribution in [0.15, 0.2) is 18.2 Å². The molecule has 0 bridgehead atoms. The second kappa shape index (κ2) is 11.5. The van der Waals surface area contributed by atoms with E-state index in [1.165, 1.54) is 0 Å². The Morgan fingerprint density at radius 3 is 2.54 bits per heavy atom. The van der Waals surface area contributed by atoms with Crippen LogP contribution in [0.1, 0.15) is 52.5 Å². The highest BCUT2D eigenvalue weighted by molar-refractivity contribution is 5.92. The van der Waals surface area contributed by atoms with Crippen LogP contribution in [0.4, 0.5) is 5.69 Å². The summed E-state index contributed by atoms with van der Waals surface area (Å²) in [6, 6.07) is 7.36. The van der Waals surface area contributed by atoms with Gasteiger partial charge in [-0.15, -0.1) is 0 Å². The van der Waals surface area contributed by atoms with E-state index in [-0.39, 0.29) is 18.4 Å². The molecule has 26 heavy (non-hydrogen) atoms. The fourth-order valence-electron chi connectivity index (χ4n) is 2.45. The van der Waals surface area contributed by atoms with Gasteiger partial charge in [-0.3, -0.25) is 4.79 Å². The molecule has 0 aliphatic heterocycles. The van der Waals surface area contributed by atoms with Gasteiger partial charge in [0.25, 0.3) is 0 Å². The van der Waals surface area contributed by atoms with E-state index in [2.05, 4.69) is 30.6 Å². The monoisotopic (exact) mass is 361 g/mol. The number of aliphatic hydroxyl groups is 1. The summed E-state index contributed by atoms with van der Waals surface area (Å²) in [5.41, 5.74) is 0.902. The molecule has 144 valence electrons. The van der Waals surface area contributed by atoms with Crippen LogP contribution in [0.25, 0.3) is 0 Å². The topological polar surface area (TPSA) is 94.4 Å². The third-order valence-electron chi connectivity index (χ3n) is 4.47. The number of amides is 1. The average Bonchev–Trinajstić information content (AvgIpc) is 2.65. The lowest BCUT2D eigenvalue weighted by molar-refractivity contribution is -0.120. The summed E-state index contributed by atoms with van der Waals surface area (Å²) in [5.74, 6) is 0.319. The number of ether oxygens (including phenoxy) is 1. The molecule has 0 aromatic heterocycles. The summed E-state index contributed by atoms with van der Waals surface area (Å²) < 4.78 is 5.58. The highest BCUT2D eigenvalue weighted by Crippen LogP contribution is 2.23. The Labute approximate surface area is 156 Å². The summed E-state index contributed by atoms with van der Waals surface area (Å²) >= 11 is 0. The standard InChI is InChI=1S/C20H31N3O3/c1-5-14(4)22-12-18(24)13-26-19-9-8-17(10-16(19)11-21)23-20(25)15(6-2)7-3/h8-10,14-15,18,22,24H,5-7,12-13H2,1-4H3,(H,23,25). The summed E-state index contributed by atoms with van der Waals surface area (Å²) in [4.78, 5) is 12.2. The van der Waals surface area contributed by atoms with E-state index in [0.29, 0.717) is 29.6 Å². The van der Waals surface area contributed by atoms with Crippen LogP contribution in [-0.4, -0.2) is 36.3 Å². The first-order valence-corrected chi connectivity index (χ1v) is 9.34. The van der Waals surface area contributed by atoms with Gasteiger partial charge < -0.3 is 20.5 Å². The van der Waals surface area contributed by atoms with Crippen LogP contribution < -0.4 is 15.4 Å². The van der Waals surface area contributed by atoms with Crippen LogP contribution in [0, 0.1) is 17.2 Å². The number of benzene rings is 1. The fourth-order valence-corrected chi connectivity index (χ4v) is 2.45. The lowest BCUT2D eigenvalue weighted by atomic mass is 10.0. The lowest BCUT2D eigenvalue weighted by Gasteiger charge is -2.17. The molecule has 0 fully saturated rings. The van der Waals surface area contributed by atoms with Crippen molar-refractivity contribution >= 4 is 11.6 Å². The minimum absolute atomic E-state index is 0.0374. The Balaban J connectivity index is 2.66. The predicted octanol–water partition coefficient (Wildman–Crippen LogP) is 3.06. The van der Waals surface area contributed by atoms with Gasteiger partial charge in [0.15, 0.2) is 0 Å². The largest absolute Gasteiger partial charge is 0.489 e. The number of aliphatic hydroxyl groups excluding tert-OH is 1. The molecule has 0 saturated heterocycles. The summed E-state index contributed by atoms with van der Waals surface area (Å²) in [5, 5.41) is 25.4. The molecule has 3 N–H and O–H groups in total. The highest BCUT2D eigenvalue weighted by Gasteiger charge is 2.15. The van der Waals surface area contributed by atoms with Gasteiger partial charge in [-0.25, -0.2) is 0 Å². The molecule has 6 nitrogen and oxygen atoms in total. The maximum atomic E-state index is 12.2. The van der Waals surface area contributed by atoms with Crippen molar-refractivity contribution in [3.8, 4) is 11.8 Å². The molecule has 6 heteroatoms. The Bertz CT molecular complexity index is 609. The molecular weight excluding hydrogens is 330 g/mol. The van der Waals surface area contributed by atoms with E-state index < -0.39 is 6.10 Å². The SMILES string of the molecule is CCC(C)NCC(O)COc1ccc(NC(=O)C(CC)CC)cc1C#N. The van der Waals surface area contributed by atoms with Gasteiger partial charge >= 0.3 is 0 Å². The lowest BCUT2D eigenvalue weighted by Crippen LogP contribution is -2.36. The molecule has 0 saturated carbocycles. The molecule has 1 aromatic carbocycles. The maximum Gasteiger partial charge on any atom is 0.227 e. The molecule has 1 rings (SSSR count). The number of carbonyl (C=O) groups excluding carboxylic acids is 1. The Kier molecular flexibility index (Phi) is 9.71. The fraction of sp³-hybridized carbons (Fsp3) is 0.600. The third-order valence-corrected chi connectivity index (χ3v) is 4.47. The Morgan fingerprint density at radius 1 is 1.27 bits per heavy atom. The summed E-state index contributed by atoms with van der Waals surface area (Å²) in [7, 11) is 0. The summed E-state index contributed by atoms with van der Waals surface area (Å²) in [6.07, 6.45) is 1.87. The minimum atomic E-state index is -0.662. The molecule has 0 aliphatic carbocycles. The van der Waals surface area contributed by atoms with Crippen molar-refractivity contribution in [1.29, 1.82) is 5.26 Å². The zero-order chi connectivity index (χ0) is 19.5. The molecule has 0 spiro atoms. The van der Waals surface area contributed by atoms with Gasteiger partial charge in [-0.1, -0.05) is 20.8 Å². The Hall–Kier alpha value is -2.10. The highest BCUT2D eigenvalue weighted by atomic mass is 16.5. The van der Waals surface area contributed by atoms with Crippen LogP contribution in [0.3, 0.4) is 0 Å². The molecule has 2 atom stereocenters. The number of carbonyl (C=O) groups is 1. The number of nitriles is 1. The molecular formula is C20H31N3O3. The first-order chi connectivity index (χ1) is 12.4. The number of hydrogen-bond donors (Lipinski definition) is 3. The zero-order valence-electron chi connectivity index (χ0n) is 16.2. The molecule has 0 aliphatic rings. The first-order valence-electron chi connectivity index (χ1n) is 9.34. The quantitative estimate of drug-likeness (QED) is 0.563.